The van der Waals surface area contributed by atoms with E-state index in [9.17, 15) is 17.6 Å². The van der Waals surface area contributed by atoms with Crippen molar-refractivity contribution in [1.29, 1.82) is 0 Å². The molecule has 0 aliphatic carbocycles. The molecule has 0 heterocycles. The smallest absolute Gasteiger partial charge is 0.254 e. The molecule has 2 N–H and O–H groups in total. The number of amides is 1. The number of halogens is 1. The zero-order chi connectivity index (χ0) is 18.3. The van der Waals surface area contributed by atoms with Crippen molar-refractivity contribution in [1.82, 2.24) is 10.0 Å². The lowest BCUT2D eigenvalue weighted by atomic mass is 10.2. The number of carbonyl (C=O) groups is 1. The first-order valence-electron chi connectivity index (χ1n) is 7.54. The summed E-state index contributed by atoms with van der Waals surface area (Å²) in [7, 11) is -2.17. The Bertz CT molecular complexity index is 826. The van der Waals surface area contributed by atoms with Crippen LogP contribution in [0.15, 0.2) is 48.5 Å². The number of benzene rings is 2. The Morgan fingerprint density at radius 1 is 1.16 bits per heavy atom. The van der Waals surface area contributed by atoms with Crippen molar-refractivity contribution >= 4 is 15.9 Å². The van der Waals surface area contributed by atoms with E-state index in [4.69, 9.17) is 4.74 Å². The van der Waals surface area contributed by atoms with Crippen LogP contribution in [0.3, 0.4) is 0 Å². The van der Waals surface area contributed by atoms with Gasteiger partial charge in [0, 0.05) is 19.2 Å². The van der Waals surface area contributed by atoms with E-state index in [1.165, 1.54) is 19.2 Å². The number of rotatable bonds is 8. The summed E-state index contributed by atoms with van der Waals surface area (Å²) in [5.41, 5.74) is 0.658. The number of ether oxygens (including phenoxy) is 1. The predicted octanol–water partition coefficient (Wildman–Crippen LogP) is 1.68. The highest BCUT2D eigenvalue weighted by Crippen LogP contribution is 2.15. The van der Waals surface area contributed by atoms with Crippen LogP contribution in [-0.4, -0.2) is 33.7 Å². The van der Waals surface area contributed by atoms with Crippen LogP contribution in [0.25, 0.3) is 0 Å². The Balaban J connectivity index is 1.83. The van der Waals surface area contributed by atoms with E-state index < -0.39 is 21.7 Å². The standard InChI is InChI=1S/C17H19FN2O4S/c1-24-14-7-8-15(16(18)11-14)17(21)19-9-10-25(22,23)20-12-13-5-3-2-4-6-13/h2-8,11,20H,9-10,12H2,1H3,(H,19,21). The minimum atomic E-state index is -3.56. The number of carbonyl (C=O) groups excluding carboxylic acids is 1. The molecule has 0 bridgehead atoms. The summed E-state index contributed by atoms with van der Waals surface area (Å²) in [5, 5.41) is 2.39. The van der Waals surface area contributed by atoms with Gasteiger partial charge in [0.05, 0.1) is 18.4 Å². The van der Waals surface area contributed by atoms with Crippen LogP contribution in [0.1, 0.15) is 15.9 Å². The van der Waals surface area contributed by atoms with Crippen LogP contribution in [0, 0.1) is 5.82 Å². The molecular formula is C17H19FN2O4S. The largest absolute Gasteiger partial charge is 0.497 e. The van der Waals surface area contributed by atoms with Crippen molar-refractivity contribution in [2.24, 2.45) is 0 Å². The third kappa shape index (κ3) is 5.84. The monoisotopic (exact) mass is 366 g/mol. The molecule has 134 valence electrons. The van der Waals surface area contributed by atoms with Gasteiger partial charge in [0.2, 0.25) is 10.0 Å². The van der Waals surface area contributed by atoms with Crippen LogP contribution in [0.2, 0.25) is 0 Å². The lowest BCUT2D eigenvalue weighted by Gasteiger charge is -2.09. The second kappa shape index (κ2) is 8.59. The Morgan fingerprint density at radius 2 is 1.88 bits per heavy atom. The number of methoxy groups -OCH3 is 1. The summed E-state index contributed by atoms with van der Waals surface area (Å²) in [6.45, 7) is 0.0403. The van der Waals surface area contributed by atoms with Gasteiger partial charge in [0.25, 0.3) is 5.91 Å². The molecular weight excluding hydrogens is 347 g/mol. The average molecular weight is 366 g/mol. The average Bonchev–Trinajstić information content (AvgIpc) is 2.60. The highest BCUT2D eigenvalue weighted by Gasteiger charge is 2.14. The maximum atomic E-state index is 13.8. The summed E-state index contributed by atoms with van der Waals surface area (Å²) in [4.78, 5) is 11.9. The molecule has 1 amide bonds. The molecule has 8 heteroatoms. The van der Waals surface area contributed by atoms with E-state index in [0.717, 1.165) is 11.6 Å². The van der Waals surface area contributed by atoms with E-state index in [-0.39, 0.29) is 24.4 Å². The van der Waals surface area contributed by atoms with E-state index >= 15 is 0 Å². The number of sulfonamides is 1. The zero-order valence-corrected chi connectivity index (χ0v) is 14.5. The predicted molar refractivity (Wildman–Crippen MR) is 92.4 cm³/mol. The maximum absolute atomic E-state index is 13.8. The molecule has 0 spiro atoms. The van der Waals surface area contributed by atoms with Crippen LogP contribution in [0.4, 0.5) is 4.39 Å². The van der Waals surface area contributed by atoms with E-state index in [1.54, 1.807) is 12.1 Å². The van der Waals surface area contributed by atoms with Crippen LogP contribution in [0.5, 0.6) is 5.75 Å². The summed E-state index contributed by atoms with van der Waals surface area (Å²) >= 11 is 0. The van der Waals surface area contributed by atoms with Gasteiger partial charge in [-0.25, -0.2) is 17.5 Å². The van der Waals surface area contributed by atoms with Gasteiger partial charge < -0.3 is 10.1 Å². The topological polar surface area (TPSA) is 84.5 Å². The van der Waals surface area contributed by atoms with Crippen LogP contribution >= 0.6 is 0 Å². The first-order valence-corrected chi connectivity index (χ1v) is 9.19. The highest BCUT2D eigenvalue weighted by molar-refractivity contribution is 7.89. The van der Waals surface area contributed by atoms with Crippen molar-refractivity contribution in [2.75, 3.05) is 19.4 Å². The number of nitrogens with one attached hydrogen (secondary N) is 2. The van der Waals surface area contributed by atoms with E-state index in [0.29, 0.717) is 5.75 Å². The fourth-order valence-electron chi connectivity index (χ4n) is 2.06. The molecule has 2 aromatic carbocycles. The zero-order valence-electron chi connectivity index (χ0n) is 13.7. The Hall–Kier alpha value is -2.45. The summed E-state index contributed by atoms with van der Waals surface area (Å²) in [6, 6.07) is 12.9. The molecule has 0 saturated heterocycles. The first-order chi connectivity index (χ1) is 11.9. The molecule has 6 nitrogen and oxygen atoms in total. The second-order valence-corrected chi connectivity index (χ2v) is 7.15. The summed E-state index contributed by atoms with van der Waals surface area (Å²) < 4.78 is 44.9. The summed E-state index contributed by atoms with van der Waals surface area (Å²) in [6.07, 6.45) is 0. The lowest BCUT2D eigenvalue weighted by Crippen LogP contribution is -2.34. The molecule has 0 atom stereocenters. The van der Waals surface area contributed by atoms with Gasteiger partial charge in [-0.15, -0.1) is 0 Å². The minimum Gasteiger partial charge on any atom is -0.497 e. The van der Waals surface area contributed by atoms with Gasteiger partial charge in [-0.05, 0) is 17.7 Å². The SMILES string of the molecule is COc1ccc(C(=O)NCCS(=O)(=O)NCc2ccccc2)c(F)c1. The molecule has 0 aliphatic rings. The molecule has 25 heavy (non-hydrogen) atoms. The van der Waals surface area contributed by atoms with Crippen molar-refractivity contribution < 1.29 is 22.3 Å². The maximum Gasteiger partial charge on any atom is 0.254 e. The molecule has 0 aliphatic heterocycles. The minimum absolute atomic E-state index is 0.131. The lowest BCUT2D eigenvalue weighted by molar-refractivity contribution is 0.0952. The Kier molecular flexibility index (Phi) is 6.49. The van der Waals surface area contributed by atoms with Gasteiger partial charge in [-0.1, -0.05) is 30.3 Å². The quantitative estimate of drug-likeness (QED) is 0.745. The van der Waals surface area contributed by atoms with Crippen molar-refractivity contribution in [3.05, 3.63) is 65.5 Å². The van der Waals surface area contributed by atoms with Gasteiger partial charge >= 0.3 is 0 Å². The van der Waals surface area contributed by atoms with Crippen LogP contribution in [-0.2, 0) is 16.6 Å². The normalized spacial score (nSPS) is 11.1. The van der Waals surface area contributed by atoms with Gasteiger partial charge in [0.1, 0.15) is 11.6 Å². The van der Waals surface area contributed by atoms with Crippen LogP contribution < -0.4 is 14.8 Å². The number of hydrogen-bond acceptors (Lipinski definition) is 4. The van der Waals surface area contributed by atoms with Crippen molar-refractivity contribution in [3.8, 4) is 5.75 Å². The third-order valence-electron chi connectivity index (χ3n) is 3.42. The van der Waals surface area contributed by atoms with Gasteiger partial charge in [-0.2, -0.15) is 0 Å². The Morgan fingerprint density at radius 3 is 2.52 bits per heavy atom. The molecule has 2 aromatic rings. The molecule has 0 unspecified atom stereocenters. The van der Waals surface area contributed by atoms with Gasteiger partial charge in [-0.3, -0.25) is 4.79 Å². The number of hydrogen-bond donors (Lipinski definition) is 2. The van der Waals surface area contributed by atoms with E-state index in [2.05, 4.69) is 10.0 Å². The molecule has 0 aromatic heterocycles. The third-order valence-corrected chi connectivity index (χ3v) is 4.74. The van der Waals surface area contributed by atoms with Gasteiger partial charge in [0.15, 0.2) is 0 Å². The fraction of sp³-hybridized carbons (Fsp3) is 0.235. The highest BCUT2D eigenvalue weighted by atomic mass is 32.2. The van der Waals surface area contributed by atoms with Crippen molar-refractivity contribution in [3.63, 3.8) is 0 Å². The second-order valence-electron chi connectivity index (χ2n) is 5.23. The van der Waals surface area contributed by atoms with E-state index in [1.807, 2.05) is 18.2 Å². The first kappa shape index (κ1) is 18.9. The molecule has 0 saturated carbocycles. The Labute approximate surface area is 146 Å². The molecule has 2 rings (SSSR count). The fourth-order valence-corrected chi connectivity index (χ4v) is 2.96. The summed E-state index contributed by atoms with van der Waals surface area (Å²) in [5.74, 6) is -1.43. The molecule has 0 radical (unpaired) electrons. The molecule has 0 fully saturated rings. The van der Waals surface area contributed by atoms with Crippen molar-refractivity contribution in [2.45, 2.75) is 6.54 Å².